The van der Waals surface area contributed by atoms with Crippen LogP contribution < -0.4 is 5.32 Å². The predicted molar refractivity (Wildman–Crippen MR) is 93.4 cm³/mol. The Morgan fingerprint density at radius 3 is 2.67 bits per heavy atom. The first kappa shape index (κ1) is 16.3. The number of hydrogen-bond donors (Lipinski definition) is 2. The van der Waals surface area contributed by atoms with E-state index in [1.165, 1.54) is 23.3 Å². The van der Waals surface area contributed by atoms with Gasteiger partial charge in [0.05, 0.1) is 16.4 Å². The molecule has 0 aliphatic rings. The minimum Gasteiger partial charge on any atom is -0.387 e. The number of nitro benzene ring substituents is 1. The fourth-order valence-electron chi connectivity index (χ4n) is 2.45. The number of non-ortho nitro benzene ring substituents is 1. The second-order valence-electron chi connectivity index (χ2n) is 5.43. The van der Waals surface area contributed by atoms with Gasteiger partial charge in [-0.15, -0.1) is 11.3 Å². The van der Waals surface area contributed by atoms with Gasteiger partial charge in [0, 0.05) is 23.6 Å². The van der Waals surface area contributed by atoms with Crippen molar-refractivity contribution in [1.82, 2.24) is 9.97 Å². The third kappa shape index (κ3) is 3.06. The summed E-state index contributed by atoms with van der Waals surface area (Å²) in [4.78, 5) is 20.8. The third-order valence-corrected chi connectivity index (χ3v) is 5.03. The van der Waals surface area contributed by atoms with Gasteiger partial charge in [-0.3, -0.25) is 10.1 Å². The molecule has 0 unspecified atom stereocenters. The van der Waals surface area contributed by atoms with E-state index < -0.39 is 11.0 Å². The van der Waals surface area contributed by atoms with Crippen molar-refractivity contribution in [2.24, 2.45) is 0 Å². The summed E-state index contributed by atoms with van der Waals surface area (Å²) in [5.74, 6) is 0.683. The van der Waals surface area contributed by atoms with Crippen molar-refractivity contribution in [3.8, 4) is 0 Å². The van der Waals surface area contributed by atoms with E-state index in [9.17, 15) is 15.2 Å². The Morgan fingerprint density at radius 2 is 2.00 bits per heavy atom. The average Bonchev–Trinajstić information content (AvgIpc) is 2.88. The predicted octanol–water partition coefficient (Wildman–Crippen LogP) is 3.36. The minimum absolute atomic E-state index is 0.000733. The standard InChI is InChI=1S/C16H16N4O3S/c1-9-10(2)24-16-14(9)15(18-8-19-16)17-7-13(21)11-3-5-12(6-4-11)20(22)23/h3-6,8,13,21H,7H2,1-2H3,(H,17,18,19)/t13-/m1/s1. The number of thiophene rings is 1. The van der Waals surface area contributed by atoms with Crippen LogP contribution in [0.3, 0.4) is 0 Å². The average molecular weight is 344 g/mol. The van der Waals surface area contributed by atoms with E-state index in [1.807, 2.05) is 13.8 Å². The molecule has 0 spiro atoms. The Kier molecular flexibility index (Phi) is 4.41. The molecule has 0 aliphatic carbocycles. The van der Waals surface area contributed by atoms with Crippen LogP contribution in [0.1, 0.15) is 22.1 Å². The molecule has 3 aromatic rings. The molecule has 0 amide bonds. The Labute approximate surface area is 142 Å². The molecule has 0 aliphatic heterocycles. The van der Waals surface area contributed by atoms with Gasteiger partial charge in [-0.2, -0.15) is 0 Å². The molecule has 24 heavy (non-hydrogen) atoms. The summed E-state index contributed by atoms with van der Waals surface area (Å²) in [7, 11) is 0. The molecule has 0 bridgehead atoms. The first-order valence-corrected chi connectivity index (χ1v) is 8.16. The topological polar surface area (TPSA) is 101 Å². The van der Waals surface area contributed by atoms with Crippen molar-refractivity contribution < 1.29 is 10.0 Å². The number of aliphatic hydroxyl groups excluding tert-OH is 1. The lowest BCUT2D eigenvalue weighted by Gasteiger charge is -2.13. The number of rotatable bonds is 5. The highest BCUT2D eigenvalue weighted by Gasteiger charge is 2.14. The molecule has 0 radical (unpaired) electrons. The Morgan fingerprint density at radius 1 is 1.29 bits per heavy atom. The molecule has 2 N–H and O–H groups in total. The number of nitro groups is 1. The summed E-state index contributed by atoms with van der Waals surface area (Å²) < 4.78 is 0. The van der Waals surface area contributed by atoms with Gasteiger partial charge in [-0.25, -0.2) is 9.97 Å². The van der Waals surface area contributed by atoms with Gasteiger partial charge in [0.25, 0.3) is 5.69 Å². The van der Waals surface area contributed by atoms with Gasteiger partial charge in [0.1, 0.15) is 17.0 Å². The highest BCUT2D eigenvalue weighted by atomic mass is 32.1. The quantitative estimate of drug-likeness (QED) is 0.543. The van der Waals surface area contributed by atoms with E-state index in [4.69, 9.17) is 0 Å². The summed E-state index contributed by atoms with van der Waals surface area (Å²) >= 11 is 1.61. The van der Waals surface area contributed by atoms with Crippen molar-refractivity contribution >= 4 is 33.1 Å². The molecular formula is C16H16N4O3S. The van der Waals surface area contributed by atoms with Crippen LogP contribution >= 0.6 is 11.3 Å². The zero-order valence-corrected chi connectivity index (χ0v) is 14.0. The maximum Gasteiger partial charge on any atom is 0.269 e. The Balaban J connectivity index is 1.77. The normalized spacial score (nSPS) is 12.3. The largest absolute Gasteiger partial charge is 0.387 e. The lowest BCUT2D eigenvalue weighted by Crippen LogP contribution is -2.13. The van der Waals surface area contributed by atoms with Crippen LogP contribution in [0, 0.1) is 24.0 Å². The third-order valence-electron chi connectivity index (χ3n) is 3.92. The van der Waals surface area contributed by atoms with Gasteiger partial charge < -0.3 is 10.4 Å². The zero-order valence-electron chi connectivity index (χ0n) is 13.2. The molecule has 8 heteroatoms. The summed E-state index contributed by atoms with van der Waals surface area (Å²) in [6, 6.07) is 5.88. The second-order valence-corrected chi connectivity index (χ2v) is 6.63. The summed E-state index contributed by atoms with van der Waals surface area (Å²) in [6.07, 6.45) is 0.703. The van der Waals surface area contributed by atoms with E-state index in [-0.39, 0.29) is 12.2 Å². The van der Waals surface area contributed by atoms with Crippen LogP contribution in [-0.2, 0) is 0 Å². The van der Waals surface area contributed by atoms with Crippen LogP contribution in [0.15, 0.2) is 30.6 Å². The van der Waals surface area contributed by atoms with Crippen LogP contribution in [-0.4, -0.2) is 26.5 Å². The molecule has 124 valence electrons. The van der Waals surface area contributed by atoms with Crippen molar-refractivity contribution in [2.75, 3.05) is 11.9 Å². The Hall–Kier alpha value is -2.58. The van der Waals surface area contributed by atoms with Gasteiger partial charge in [-0.05, 0) is 37.1 Å². The first-order chi connectivity index (χ1) is 11.5. The highest BCUT2D eigenvalue weighted by molar-refractivity contribution is 7.18. The van der Waals surface area contributed by atoms with Crippen molar-refractivity contribution in [1.29, 1.82) is 0 Å². The lowest BCUT2D eigenvalue weighted by molar-refractivity contribution is -0.384. The number of nitrogens with one attached hydrogen (secondary N) is 1. The van der Waals surface area contributed by atoms with E-state index >= 15 is 0 Å². The number of benzene rings is 1. The Bertz CT molecular complexity index is 892. The number of fused-ring (bicyclic) bond motifs is 1. The van der Waals surface area contributed by atoms with Gasteiger partial charge >= 0.3 is 0 Å². The number of hydrogen-bond acceptors (Lipinski definition) is 7. The monoisotopic (exact) mass is 344 g/mol. The lowest BCUT2D eigenvalue weighted by atomic mass is 10.1. The molecule has 1 aromatic carbocycles. The van der Waals surface area contributed by atoms with Crippen LogP contribution in [0.25, 0.3) is 10.2 Å². The molecule has 0 saturated heterocycles. The number of nitrogens with zero attached hydrogens (tertiary/aromatic N) is 3. The minimum atomic E-state index is -0.796. The van der Waals surface area contributed by atoms with Crippen LogP contribution in [0.5, 0.6) is 0 Å². The molecule has 0 fully saturated rings. The fraction of sp³-hybridized carbons (Fsp3) is 0.250. The van der Waals surface area contributed by atoms with E-state index in [1.54, 1.807) is 23.5 Å². The molecule has 7 nitrogen and oxygen atoms in total. The molecule has 0 saturated carbocycles. The highest BCUT2D eigenvalue weighted by Crippen LogP contribution is 2.32. The van der Waals surface area contributed by atoms with Gasteiger partial charge in [0.2, 0.25) is 0 Å². The maximum atomic E-state index is 10.7. The number of anilines is 1. The second kappa shape index (κ2) is 6.50. The van der Waals surface area contributed by atoms with Crippen LogP contribution in [0.4, 0.5) is 11.5 Å². The number of aromatic nitrogens is 2. The molecule has 2 aromatic heterocycles. The van der Waals surface area contributed by atoms with Gasteiger partial charge in [0.15, 0.2) is 0 Å². The van der Waals surface area contributed by atoms with Gasteiger partial charge in [-0.1, -0.05) is 0 Å². The number of aryl methyl sites for hydroxylation is 2. The molecule has 1 atom stereocenters. The fourth-order valence-corrected chi connectivity index (χ4v) is 3.44. The zero-order chi connectivity index (χ0) is 17.3. The first-order valence-electron chi connectivity index (χ1n) is 7.34. The van der Waals surface area contributed by atoms with Crippen molar-refractivity contribution in [3.05, 3.63) is 56.7 Å². The maximum absolute atomic E-state index is 10.7. The van der Waals surface area contributed by atoms with Crippen molar-refractivity contribution in [3.63, 3.8) is 0 Å². The molecule has 3 rings (SSSR count). The molecular weight excluding hydrogens is 328 g/mol. The summed E-state index contributed by atoms with van der Waals surface area (Å²) in [5, 5.41) is 25.1. The summed E-state index contributed by atoms with van der Waals surface area (Å²) in [6.45, 7) is 4.31. The van der Waals surface area contributed by atoms with E-state index in [2.05, 4.69) is 15.3 Å². The molecule has 2 heterocycles. The SMILES string of the molecule is Cc1sc2ncnc(NC[C@@H](O)c3ccc([N+](=O)[O-])cc3)c2c1C. The van der Waals surface area contributed by atoms with Crippen LogP contribution in [0.2, 0.25) is 0 Å². The summed E-state index contributed by atoms with van der Waals surface area (Å²) in [5.41, 5.74) is 1.74. The van der Waals surface area contributed by atoms with E-state index in [0.29, 0.717) is 11.4 Å². The smallest absolute Gasteiger partial charge is 0.269 e. The number of aliphatic hydroxyl groups is 1. The van der Waals surface area contributed by atoms with E-state index in [0.717, 1.165) is 15.8 Å². The van der Waals surface area contributed by atoms with Crippen molar-refractivity contribution in [2.45, 2.75) is 20.0 Å².